The molecular formula is C10H13FN2O2S. The summed E-state index contributed by atoms with van der Waals surface area (Å²) in [7, 11) is 0. The number of rotatable bonds is 5. The number of carbonyl (C=O) groups is 1. The van der Waals surface area contributed by atoms with Crippen LogP contribution in [0, 0.1) is 5.82 Å². The highest BCUT2D eigenvalue weighted by molar-refractivity contribution is 7.98. The van der Waals surface area contributed by atoms with E-state index in [9.17, 15) is 9.18 Å². The normalized spacial score (nSPS) is 10.2. The lowest BCUT2D eigenvalue weighted by atomic mass is 10.1. The molecule has 0 saturated carbocycles. The number of aliphatic hydroxyl groups excluding tert-OH is 1. The summed E-state index contributed by atoms with van der Waals surface area (Å²) in [5, 5.41) is 8.60. The van der Waals surface area contributed by atoms with Gasteiger partial charge in [0, 0.05) is 17.1 Å². The molecule has 0 aliphatic heterocycles. The second-order valence-corrected chi connectivity index (χ2v) is 4.16. The molecule has 4 nitrogen and oxygen atoms in total. The van der Waals surface area contributed by atoms with Crippen molar-refractivity contribution in [1.82, 2.24) is 5.43 Å². The number of carbonyl (C=O) groups excluding carboxylic acids is 1. The molecule has 0 saturated heterocycles. The van der Waals surface area contributed by atoms with Gasteiger partial charge in [0.1, 0.15) is 5.82 Å². The highest BCUT2D eigenvalue weighted by Gasteiger charge is 2.08. The van der Waals surface area contributed by atoms with Crippen molar-refractivity contribution < 1.29 is 14.3 Å². The lowest BCUT2D eigenvalue weighted by Crippen LogP contribution is -2.30. The number of hydrogen-bond acceptors (Lipinski definition) is 4. The molecule has 0 unspecified atom stereocenters. The monoisotopic (exact) mass is 244 g/mol. The smallest absolute Gasteiger partial charge is 0.265 e. The SMILES string of the molecule is NNC(=O)c1ccc(F)c(CSCCO)c1. The average Bonchev–Trinajstić information content (AvgIpc) is 2.31. The van der Waals surface area contributed by atoms with Crippen molar-refractivity contribution in [2.75, 3.05) is 12.4 Å². The molecule has 0 heterocycles. The van der Waals surface area contributed by atoms with Crippen LogP contribution in [0.25, 0.3) is 0 Å². The van der Waals surface area contributed by atoms with Crippen LogP contribution in [-0.2, 0) is 5.75 Å². The number of hydrazine groups is 1. The zero-order chi connectivity index (χ0) is 12.0. The molecule has 0 atom stereocenters. The van der Waals surface area contributed by atoms with E-state index in [0.717, 1.165) is 0 Å². The van der Waals surface area contributed by atoms with Crippen LogP contribution >= 0.6 is 11.8 Å². The van der Waals surface area contributed by atoms with Gasteiger partial charge in [-0.1, -0.05) is 0 Å². The van der Waals surface area contributed by atoms with Gasteiger partial charge in [0.2, 0.25) is 0 Å². The molecule has 4 N–H and O–H groups in total. The van der Waals surface area contributed by atoms with Crippen molar-refractivity contribution in [2.45, 2.75) is 5.75 Å². The minimum atomic E-state index is -0.451. The van der Waals surface area contributed by atoms with Crippen LogP contribution in [0.3, 0.4) is 0 Å². The molecule has 0 aliphatic rings. The number of benzene rings is 1. The zero-order valence-corrected chi connectivity index (χ0v) is 9.39. The topological polar surface area (TPSA) is 75.3 Å². The van der Waals surface area contributed by atoms with Crippen LogP contribution in [0.15, 0.2) is 18.2 Å². The molecule has 1 aromatic rings. The second-order valence-electron chi connectivity index (χ2n) is 3.06. The molecular weight excluding hydrogens is 231 g/mol. The van der Waals surface area contributed by atoms with Gasteiger partial charge in [-0.25, -0.2) is 10.2 Å². The Bertz CT molecular complexity index is 374. The van der Waals surface area contributed by atoms with Gasteiger partial charge >= 0.3 is 0 Å². The summed E-state index contributed by atoms with van der Waals surface area (Å²) in [5.41, 5.74) is 2.74. The Kier molecular flexibility index (Phi) is 5.24. The van der Waals surface area contributed by atoms with Crippen molar-refractivity contribution in [1.29, 1.82) is 0 Å². The molecule has 16 heavy (non-hydrogen) atoms. The number of halogens is 1. The van der Waals surface area contributed by atoms with Crippen LogP contribution in [0.4, 0.5) is 4.39 Å². The second kappa shape index (κ2) is 6.47. The van der Waals surface area contributed by atoms with Gasteiger partial charge in [-0.15, -0.1) is 0 Å². The average molecular weight is 244 g/mol. The highest BCUT2D eigenvalue weighted by atomic mass is 32.2. The molecule has 0 aromatic heterocycles. The third-order valence-electron chi connectivity index (χ3n) is 1.93. The highest BCUT2D eigenvalue weighted by Crippen LogP contribution is 2.17. The van der Waals surface area contributed by atoms with E-state index in [1.807, 2.05) is 5.43 Å². The van der Waals surface area contributed by atoms with E-state index < -0.39 is 5.91 Å². The molecule has 88 valence electrons. The van der Waals surface area contributed by atoms with Crippen molar-refractivity contribution in [3.8, 4) is 0 Å². The number of amides is 1. The fraction of sp³-hybridized carbons (Fsp3) is 0.300. The first-order valence-electron chi connectivity index (χ1n) is 4.67. The molecule has 1 rings (SSSR count). The summed E-state index contributed by atoms with van der Waals surface area (Å²) in [6.45, 7) is 0.0509. The lowest BCUT2D eigenvalue weighted by molar-refractivity contribution is 0.0953. The maximum Gasteiger partial charge on any atom is 0.265 e. The predicted molar refractivity (Wildman–Crippen MR) is 61.3 cm³/mol. The molecule has 6 heteroatoms. The summed E-state index contributed by atoms with van der Waals surface area (Å²) in [5.74, 6) is 5.12. The van der Waals surface area contributed by atoms with E-state index in [2.05, 4.69) is 0 Å². The van der Waals surface area contributed by atoms with E-state index in [1.54, 1.807) is 0 Å². The van der Waals surface area contributed by atoms with Crippen LogP contribution in [-0.4, -0.2) is 23.4 Å². The Hall–Kier alpha value is -1.11. The Labute approximate surface area is 97.0 Å². The number of hydrogen-bond donors (Lipinski definition) is 3. The van der Waals surface area contributed by atoms with Gasteiger partial charge in [-0.05, 0) is 23.8 Å². The van der Waals surface area contributed by atoms with E-state index in [0.29, 0.717) is 22.6 Å². The summed E-state index contributed by atoms with van der Waals surface area (Å²) >= 11 is 1.40. The van der Waals surface area contributed by atoms with Gasteiger partial charge in [0.15, 0.2) is 0 Å². The third kappa shape index (κ3) is 3.48. The molecule has 1 amide bonds. The molecule has 0 fully saturated rings. The molecule has 0 spiro atoms. The van der Waals surface area contributed by atoms with E-state index in [4.69, 9.17) is 10.9 Å². The first kappa shape index (κ1) is 13.0. The molecule has 0 aliphatic carbocycles. The van der Waals surface area contributed by atoms with E-state index >= 15 is 0 Å². The number of nitrogens with two attached hydrogens (primary N) is 1. The Morgan fingerprint density at radius 2 is 2.31 bits per heavy atom. The zero-order valence-electron chi connectivity index (χ0n) is 8.57. The number of nitrogen functional groups attached to an aromatic ring is 1. The maximum atomic E-state index is 13.3. The number of nitrogens with one attached hydrogen (secondary N) is 1. The van der Waals surface area contributed by atoms with Crippen LogP contribution in [0.1, 0.15) is 15.9 Å². The van der Waals surface area contributed by atoms with Gasteiger partial charge in [0.05, 0.1) is 6.61 Å². The third-order valence-corrected chi connectivity index (χ3v) is 2.92. The number of aliphatic hydroxyl groups is 1. The first-order valence-corrected chi connectivity index (χ1v) is 5.82. The van der Waals surface area contributed by atoms with Crippen LogP contribution < -0.4 is 11.3 Å². The number of thioether (sulfide) groups is 1. The predicted octanol–water partition coefficient (Wildman–Crippen LogP) is 0.655. The summed E-state index contributed by atoms with van der Waals surface area (Å²) in [6, 6.07) is 4.07. The van der Waals surface area contributed by atoms with Crippen LogP contribution in [0.2, 0.25) is 0 Å². The lowest BCUT2D eigenvalue weighted by Gasteiger charge is -2.05. The van der Waals surface area contributed by atoms with E-state index in [-0.39, 0.29) is 12.4 Å². The van der Waals surface area contributed by atoms with Gasteiger partial charge in [-0.2, -0.15) is 11.8 Å². The maximum absolute atomic E-state index is 13.3. The van der Waals surface area contributed by atoms with Gasteiger partial charge in [-0.3, -0.25) is 10.2 Å². The van der Waals surface area contributed by atoms with E-state index in [1.165, 1.54) is 30.0 Å². The Morgan fingerprint density at radius 1 is 1.56 bits per heavy atom. The fourth-order valence-electron chi connectivity index (χ4n) is 1.16. The minimum Gasteiger partial charge on any atom is -0.396 e. The van der Waals surface area contributed by atoms with Gasteiger partial charge < -0.3 is 5.11 Å². The largest absolute Gasteiger partial charge is 0.396 e. The Morgan fingerprint density at radius 3 is 2.94 bits per heavy atom. The summed E-state index contributed by atoms with van der Waals surface area (Å²) < 4.78 is 13.3. The van der Waals surface area contributed by atoms with Crippen LogP contribution in [0.5, 0.6) is 0 Å². The van der Waals surface area contributed by atoms with Gasteiger partial charge in [0.25, 0.3) is 5.91 Å². The quantitative estimate of drug-likeness (QED) is 0.308. The molecule has 1 aromatic carbocycles. The first-order chi connectivity index (χ1) is 7.69. The minimum absolute atomic E-state index is 0.0509. The van der Waals surface area contributed by atoms with Crippen molar-refractivity contribution in [3.05, 3.63) is 35.1 Å². The van der Waals surface area contributed by atoms with Crippen molar-refractivity contribution >= 4 is 17.7 Å². The summed E-state index contributed by atoms with van der Waals surface area (Å²) in [6.07, 6.45) is 0. The van der Waals surface area contributed by atoms with Crippen molar-refractivity contribution in [2.24, 2.45) is 5.84 Å². The Balaban J connectivity index is 2.78. The standard InChI is InChI=1S/C10H13FN2O2S/c11-9-2-1-7(10(15)13-12)5-8(9)6-16-4-3-14/h1-2,5,14H,3-4,6,12H2,(H,13,15). The molecule has 0 bridgehead atoms. The molecule has 0 radical (unpaired) electrons. The summed E-state index contributed by atoms with van der Waals surface area (Å²) in [4.78, 5) is 11.2. The van der Waals surface area contributed by atoms with Crippen molar-refractivity contribution in [3.63, 3.8) is 0 Å². The fourth-order valence-corrected chi connectivity index (χ4v) is 1.87.